The van der Waals surface area contributed by atoms with Crippen molar-refractivity contribution in [3.8, 4) is 15.7 Å². The summed E-state index contributed by atoms with van der Waals surface area (Å²) in [6, 6.07) is 9.38. The van der Waals surface area contributed by atoms with Crippen LogP contribution in [0.25, 0.3) is 15.7 Å². The minimum atomic E-state index is -0.278. The summed E-state index contributed by atoms with van der Waals surface area (Å²) >= 11 is 2.93. The lowest BCUT2D eigenvalue weighted by Crippen LogP contribution is -2.24. The van der Waals surface area contributed by atoms with E-state index in [-0.39, 0.29) is 12.2 Å². The fraction of sp³-hybridized carbons (Fsp3) is 0.0714. The molecule has 0 aliphatic heterocycles. The summed E-state index contributed by atoms with van der Waals surface area (Å²) in [7, 11) is 0. The van der Waals surface area contributed by atoms with Crippen LogP contribution in [0.4, 0.5) is 0 Å². The number of aromatic nitrogens is 6. The van der Waals surface area contributed by atoms with Gasteiger partial charge in [-0.15, -0.1) is 22.7 Å². The highest BCUT2D eigenvalue weighted by Gasteiger charge is 2.12. The van der Waals surface area contributed by atoms with Crippen LogP contribution in [0, 0.1) is 0 Å². The number of thiazole rings is 1. The Hall–Kier alpha value is -2.65. The third-order valence-electron chi connectivity index (χ3n) is 3.10. The van der Waals surface area contributed by atoms with Crippen LogP contribution in [0.2, 0.25) is 0 Å². The van der Waals surface area contributed by atoms with Gasteiger partial charge in [0.25, 0.3) is 0 Å². The van der Waals surface area contributed by atoms with Crippen LogP contribution in [0.1, 0.15) is 5.69 Å². The molecule has 0 N–H and O–H groups in total. The Labute approximate surface area is 138 Å². The number of nitrogens with zero attached hydrogens (tertiary/aromatic N) is 6. The summed E-state index contributed by atoms with van der Waals surface area (Å²) in [4.78, 5) is 21.1. The predicted molar refractivity (Wildman–Crippen MR) is 87.9 cm³/mol. The van der Waals surface area contributed by atoms with Crippen molar-refractivity contribution in [3.05, 3.63) is 63.5 Å². The average Bonchev–Trinajstić information content (AvgIpc) is 3.31. The third-order valence-corrected chi connectivity index (χ3v) is 4.86. The molecule has 0 saturated carbocycles. The molecule has 0 atom stereocenters. The van der Waals surface area contributed by atoms with E-state index in [2.05, 4.69) is 20.4 Å². The van der Waals surface area contributed by atoms with Crippen LogP contribution in [-0.4, -0.2) is 29.8 Å². The molecule has 0 spiro atoms. The summed E-state index contributed by atoms with van der Waals surface area (Å²) in [5, 5.41) is 13.2. The lowest BCUT2D eigenvalue weighted by atomic mass is 10.4. The molecule has 4 aromatic rings. The van der Waals surface area contributed by atoms with Gasteiger partial charge in [0.2, 0.25) is 0 Å². The summed E-state index contributed by atoms with van der Waals surface area (Å²) in [5.41, 5.74) is 1.30. The van der Waals surface area contributed by atoms with E-state index in [0.717, 1.165) is 21.4 Å². The van der Waals surface area contributed by atoms with Gasteiger partial charge in [0.1, 0.15) is 10.0 Å². The van der Waals surface area contributed by atoms with Gasteiger partial charge in [-0.2, -0.15) is 9.36 Å². The number of hydrogen-bond donors (Lipinski definition) is 0. The number of tetrazole rings is 1. The Kier molecular flexibility index (Phi) is 3.56. The van der Waals surface area contributed by atoms with Crippen molar-refractivity contribution in [2.24, 2.45) is 0 Å². The maximum absolute atomic E-state index is 12.3. The van der Waals surface area contributed by atoms with E-state index in [1.54, 1.807) is 6.20 Å². The molecule has 0 saturated heterocycles. The van der Waals surface area contributed by atoms with E-state index in [0.29, 0.717) is 0 Å². The lowest BCUT2D eigenvalue weighted by Gasteiger charge is -1.95. The first-order valence-electron chi connectivity index (χ1n) is 6.74. The molecule has 0 fully saturated rings. The van der Waals surface area contributed by atoms with Gasteiger partial charge in [0.05, 0.1) is 17.9 Å². The van der Waals surface area contributed by atoms with E-state index in [4.69, 9.17) is 0 Å². The van der Waals surface area contributed by atoms with Crippen LogP contribution >= 0.6 is 22.7 Å². The molecular weight excluding hydrogens is 332 g/mol. The van der Waals surface area contributed by atoms with E-state index in [1.165, 1.54) is 32.0 Å². The molecule has 0 aromatic carbocycles. The van der Waals surface area contributed by atoms with Crippen LogP contribution in [0.5, 0.6) is 0 Å². The summed E-state index contributed by atoms with van der Waals surface area (Å²) < 4.78 is 2.59. The average molecular weight is 342 g/mol. The van der Waals surface area contributed by atoms with Crippen molar-refractivity contribution >= 4 is 22.7 Å². The van der Waals surface area contributed by atoms with Gasteiger partial charge in [-0.05, 0) is 40.1 Å². The Morgan fingerprint density at radius 2 is 2.04 bits per heavy atom. The second kappa shape index (κ2) is 5.86. The first kappa shape index (κ1) is 14.0. The Balaban J connectivity index is 1.60. The molecule has 0 aliphatic carbocycles. The molecular formula is C14H10N6OS2. The standard InChI is InChI=1S/C14H10N6OS2/c21-14-19(17-18-20(14)12-5-3-7-22-12)8-10-9-23-13(16-10)11-4-1-2-6-15-11/h1-7,9H,8H2. The molecule has 9 heteroatoms. The molecule has 114 valence electrons. The van der Waals surface area contributed by atoms with Gasteiger partial charge in [-0.25, -0.2) is 9.78 Å². The van der Waals surface area contributed by atoms with Crippen molar-refractivity contribution in [1.82, 2.24) is 29.8 Å². The molecule has 4 aromatic heterocycles. The Morgan fingerprint density at radius 1 is 1.09 bits per heavy atom. The number of rotatable bonds is 4. The van der Waals surface area contributed by atoms with Crippen molar-refractivity contribution < 1.29 is 0 Å². The monoisotopic (exact) mass is 342 g/mol. The van der Waals surface area contributed by atoms with Crippen LogP contribution in [0.15, 0.2) is 52.1 Å². The van der Waals surface area contributed by atoms with Crippen LogP contribution in [0.3, 0.4) is 0 Å². The maximum atomic E-state index is 12.3. The molecule has 4 heterocycles. The zero-order chi connectivity index (χ0) is 15.6. The van der Waals surface area contributed by atoms with E-state index >= 15 is 0 Å². The topological polar surface area (TPSA) is 78.5 Å². The summed E-state index contributed by atoms with van der Waals surface area (Å²) in [6.07, 6.45) is 1.73. The highest BCUT2D eigenvalue weighted by atomic mass is 32.1. The lowest BCUT2D eigenvalue weighted by molar-refractivity contribution is 0.624. The van der Waals surface area contributed by atoms with Gasteiger partial charge >= 0.3 is 5.69 Å². The van der Waals surface area contributed by atoms with E-state index in [9.17, 15) is 4.79 Å². The predicted octanol–water partition coefficient (Wildman–Crippen LogP) is 2.06. The SMILES string of the molecule is O=c1n(Cc2csc(-c3ccccn3)n2)nnn1-c1cccs1. The molecule has 0 unspecified atom stereocenters. The summed E-state index contributed by atoms with van der Waals surface area (Å²) in [6.45, 7) is 0.285. The number of thiophene rings is 1. The first-order chi connectivity index (χ1) is 11.3. The third kappa shape index (κ3) is 2.71. The minimum absolute atomic E-state index is 0.278. The molecule has 4 rings (SSSR count). The minimum Gasteiger partial charge on any atom is -0.254 e. The van der Waals surface area contributed by atoms with Crippen LogP contribution < -0.4 is 5.69 Å². The van der Waals surface area contributed by atoms with Gasteiger partial charge in [-0.1, -0.05) is 6.07 Å². The molecule has 23 heavy (non-hydrogen) atoms. The molecule has 0 bridgehead atoms. The van der Waals surface area contributed by atoms with Gasteiger partial charge in [-0.3, -0.25) is 4.98 Å². The highest BCUT2D eigenvalue weighted by molar-refractivity contribution is 7.13. The van der Waals surface area contributed by atoms with E-state index in [1.807, 2.05) is 41.1 Å². The second-order valence-electron chi connectivity index (χ2n) is 4.64. The molecule has 0 amide bonds. The highest BCUT2D eigenvalue weighted by Crippen LogP contribution is 2.21. The van der Waals surface area contributed by atoms with E-state index < -0.39 is 0 Å². The normalized spacial score (nSPS) is 11.0. The Morgan fingerprint density at radius 3 is 2.83 bits per heavy atom. The van der Waals surface area contributed by atoms with Gasteiger partial charge in [0, 0.05) is 11.6 Å². The smallest absolute Gasteiger partial charge is 0.254 e. The quantitative estimate of drug-likeness (QED) is 0.567. The van der Waals surface area contributed by atoms with Gasteiger partial charge in [0.15, 0.2) is 0 Å². The number of pyridine rings is 1. The first-order valence-corrected chi connectivity index (χ1v) is 8.50. The molecule has 0 aliphatic rings. The number of hydrogen-bond acceptors (Lipinski definition) is 7. The van der Waals surface area contributed by atoms with Crippen molar-refractivity contribution in [2.45, 2.75) is 6.54 Å². The fourth-order valence-electron chi connectivity index (χ4n) is 2.04. The van der Waals surface area contributed by atoms with Crippen LogP contribution in [-0.2, 0) is 6.54 Å². The maximum Gasteiger partial charge on any atom is 0.369 e. The van der Waals surface area contributed by atoms with Crippen molar-refractivity contribution in [2.75, 3.05) is 0 Å². The molecule has 0 radical (unpaired) electrons. The largest absolute Gasteiger partial charge is 0.369 e. The van der Waals surface area contributed by atoms with Crippen molar-refractivity contribution in [3.63, 3.8) is 0 Å². The summed E-state index contributed by atoms with van der Waals surface area (Å²) in [5.74, 6) is 0. The fourth-order valence-corrected chi connectivity index (χ4v) is 3.50. The van der Waals surface area contributed by atoms with Gasteiger partial charge < -0.3 is 0 Å². The second-order valence-corrected chi connectivity index (χ2v) is 6.43. The molecule has 7 nitrogen and oxygen atoms in total. The Bertz CT molecular complexity index is 970. The van der Waals surface area contributed by atoms with Crippen molar-refractivity contribution in [1.29, 1.82) is 0 Å². The zero-order valence-electron chi connectivity index (χ0n) is 11.7. The zero-order valence-corrected chi connectivity index (χ0v) is 13.4.